The van der Waals surface area contributed by atoms with Gasteiger partial charge in [0.2, 0.25) is 11.6 Å². The van der Waals surface area contributed by atoms with Gasteiger partial charge in [0.1, 0.15) is 16.6 Å². The predicted octanol–water partition coefficient (Wildman–Crippen LogP) is 3.08. The van der Waals surface area contributed by atoms with Crippen molar-refractivity contribution in [1.29, 1.82) is 0 Å². The van der Waals surface area contributed by atoms with Crippen LogP contribution in [0, 0.1) is 0 Å². The molecule has 0 spiro atoms. The molecule has 2 aromatic carbocycles. The van der Waals surface area contributed by atoms with Crippen LogP contribution in [0.3, 0.4) is 0 Å². The van der Waals surface area contributed by atoms with E-state index in [0.717, 1.165) is 16.0 Å². The van der Waals surface area contributed by atoms with Gasteiger partial charge in [0.05, 0.1) is 0 Å². The Bertz CT molecular complexity index is 1080. The van der Waals surface area contributed by atoms with Crippen LogP contribution >= 0.6 is 11.8 Å². The van der Waals surface area contributed by atoms with E-state index in [0.29, 0.717) is 23.5 Å². The Balaban J connectivity index is 1.62. The third-order valence-electron chi connectivity index (χ3n) is 4.17. The fraction of sp³-hybridized carbons (Fsp3) is 0.100. The van der Waals surface area contributed by atoms with Crippen molar-refractivity contribution in [2.75, 3.05) is 5.73 Å². The number of carbonyl (C=O) groups excluding carboxylic acids is 1. The molecule has 0 aliphatic carbocycles. The molecule has 4 N–H and O–H groups in total. The summed E-state index contributed by atoms with van der Waals surface area (Å²) in [4.78, 5) is 18.0. The summed E-state index contributed by atoms with van der Waals surface area (Å²) < 4.78 is 0. The number of pyridine rings is 1. The molecule has 7 nitrogen and oxygen atoms in total. The van der Waals surface area contributed by atoms with Crippen molar-refractivity contribution < 1.29 is 4.79 Å². The van der Waals surface area contributed by atoms with Crippen LogP contribution in [0.5, 0.6) is 0 Å². The molecule has 2 heterocycles. The maximum Gasteiger partial charge on any atom is 0.238 e. The first kappa shape index (κ1) is 18.0. The molecule has 8 heteroatoms. The summed E-state index contributed by atoms with van der Waals surface area (Å²) in [5.74, 6) is 0.243. The van der Waals surface area contributed by atoms with Gasteiger partial charge in [0.15, 0.2) is 0 Å². The second-order valence-corrected chi connectivity index (χ2v) is 7.30. The number of hydrogen-bond donors (Lipinski definition) is 3. The van der Waals surface area contributed by atoms with E-state index in [4.69, 9.17) is 5.73 Å². The van der Waals surface area contributed by atoms with Crippen LogP contribution in [0.25, 0.3) is 11.2 Å². The topological polar surface area (TPSA) is 110 Å². The molecular weight excluding hydrogens is 372 g/mol. The lowest BCUT2D eigenvalue weighted by Gasteiger charge is -2.17. The summed E-state index contributed by atoms with van der Waals surface area (Å²) in [7, 11) is 0. The van der Waals surface area contributed by atoms with Gasteiger partial charge in [-0.2, -0.15) is 10.3 Å². The van der Waals surface area contributed by atoms with E-state index in [1.54, 1.807) is 6.07 Å². The Labute approximate surface area is 165 Å². The number of aromatic amines is 1. The molecule has 28 heavy (non-hydrogen) atoms. The SMILES string of the molecule is Nc1cc(SC(C(=O)NCc2ccccc2)c2ccccc2)c2n[nH]nc2n1. The molecule has 0 aliphatic rings. The molecule has 0 aliphatic heterocycles. The van der Waals surface area contributed by atoms with Crippen LogP contribution in [-0.4, -0.2) is 26.3 Å². The number of aromatic nitrogens is 4. The zero-order valence-electron chi connectivity index (χ0n) is 14.9. The second kappa shape index (κ2) is 8.10. The number of nitrogens with zero attached hydrogens (tertiary/aromatic N) is 3. The number of fused-ring (bicyclic) bond motifs is 1. The van der Waals surface area contributed by atoms with Gasteiger partial charge in [0.25, 0.3) is 0 Å². The summed E-state index contributed by atoms with van der Waals surface area (Å²) in [6.07, 6.45) is 0. The van der Waals surface area contributed by atoms with E-state index in [2.05, 4.69) is 25.7 Å². The van der Waals surface area contributed by atoms with Crippen molar-refractivity contribution in [1.82, 2.24) is 25.7 Å². The predicted molar refractivity (Wildman–Crippen MR) is 109 cm³/mol. The van der Waals surface area contributed by atoms with Gasteiger partial charge in [-0.05, 0) is 17.2 Å². The molecule has 1 atom stereocenters. The summed E-state index contributed by atoms with van der Waals surface area (Å²) in [6.45, 7) is 0.460. The van der Waals surface area contributed by atoms with E-state index in [1.165, 1.54) is 11.8 Å². The first-order valence-electron chi connectivity index (χ1n) is 8.71. The van der Waals surface area contributed by atoms with Gasteiger partial charge in [-0.3, -0.25) is 4.79 Å². The van der Waals surface area contributed by atoms with E-state index in [1.807, 2.05) is 60.7 Å². The van der Waals surface area contributed by atoms with Crippen molar-refractivity contribution in [3.05, 3.63) is 77.9 Å². The third kappa shape index (κ3) is 3.96. The highest BCUT2D eigenvalue weighted by molar-refractivity contribution is 8.00. The minimum Gasteiger partial charge on any atom is -0.384 e. The molecule has 140 valence electrons. The van der Waals surface area contributed by atoms with Crippen molar-refractivity contribution in [3.8, 4) is 0 Å². The zero-order chi connectivity index (χ0) is 19.3. The molecule has 0 bridgehead atoms. The molecule has 4 aromatic rings. The molecule has 2 aromatic heterocycles. The molecule has 0 radical (unpaired) electrons. The molecule has 1 amide bonds. The van der Waals surface area contributed by atoms with Crippen molar-refractivity contribution >= 4 is 34.7 Å². The Morgan fingerprint density at radius 1 is 1.07 bits per heavy atom. The summed E-state index contributed by atoms with van der Waals surface area (Å²) in [6, 6.07) is 21.2. The number of amides is 1. The van der Waals surface area contributed by atoms with E-state index >= 15 is 0 Å². The van der Waals surface area contributed by atoms with Gasteiger partial charge >= 0.3 is 0 Å². The number of H-pyrrole nitrogens is 1. The minimum atomic E-state index is -0.466. The maximum absolute atomic E-state index is 13.1. The Hall–Kier alpha value is -3.39. The van der Waals surface area contributed by atoms with Gasteiger partial charge in [-0.25, -0.2) is 4.98 Å². The number of rotatable bonds is 6. The standard InChI is InChI=1S/C20H18N6OS/c21-16-11-15(17-19(23-16)25-26-24-17)28-18(14-9-5-2-6-10-14)20(27)22-12-13-7-3-1-4-8-13/h1-11,18H,12H2,(H,22,27)(H3,21,23,24,25,26). The highest BCUT2D eigenvalue weighted by Gasteiger charge is 2.24. The van der Waals surface area contributed by atoms with Crippen molar-refractivity contribution in [3.63, 3.8) is 0 Å². The Morgan fingerprint density at radius 3 is 2.54 bits per heavy atom. The average Bonchev–Trinajstić information content (AvgIpc) is 3.20. The number of nitrogen functional groups attached to an aromatic ring is 1. The van der Waals surface area contributed by atoms with E-state index in [-0.39, 0.29) is 5.91 Å². The van der Waals surface area contributed by atoms with Crippen LogP contribution < -0.4 is 11.1 Å². The number of nitrogens with one attached hydrogen (secondary N) is 2. The lowest BCUT2D eigenvalue weighted by atomic mass is 10.1. The summed E-state index contributed by atoms with van der Waals surface area (Å²) >= 11 is 1.38. The fourth-order valence-corrected chi connectivity index (χ4v) is 4.00. The fourth-order valence-electron chi connectivity index (χ4n) is 2.82. The Morgan fingerprint density at radius 2 is 1.79 bits per heavy atom. The lowest BCUT2D eigenvalue weighted by Crippen LogP contribution is -2.27. The first-order chi connectivity index (χ1) is 13.7. The van der Waals surface area contributed by atoms with E-state index < -0.39 is 5.25 Å². The summed E-state index contributed by atoms with van der Waals surface area (Å²) in [5, 5.41) is 13.3. The third-order valence-corrected chi connectivity index (χ3v) is 5.46. The van der Waals surface area contributed by atoms with Crippen molar-refractivity contribution in [2.24, 2.45) is 0 Å². The molecule has 0 fully saturated rings. The molecule has 0 saturated carbocycles. The van der Waals surface area contributed by atoms with Gasteiger partial charge < -0.3 is 11.1 Å². The summed E-state index contributed by atoms with van der Waals surface area (Å²) in [5.41, 5.74) is 8.86. The van der Waals surface area contributed by atoms with Crippen molar-refractivity contribution in [2.45, 2.75) is 16.7 Å². The monoisotopic (exact) mass is 390 g/mol. The number of hydrogen-bond acceptors (Lipinski definition) is 6. The van der Waals surface area contributed by atoms with Crippen LogP contribution in [0.4, 0.5) is 5.82 Å². The highest BCUT2D eigenvalue weighted by Crippen LogP contribution is 2.38. The lowest BCUT2D eigenvalue weighted by molar-refractivity contribution is -0.120. The van der Waals surface area contributed by atoms with E-state index in [9.17, 15) is 4.79 Å². The minimum absolute atomic E-state index is 0.0907. The van der Waals surface area contributed by atoms with Gasteiger partial charge in [-0.15, -0.1) is 16.9 Å². The second-order valence-electron chi connectivity index (χ2n) is 6.15. The van der Waals surface area contributed by atoms with Crippen LogP contribution in [0.1, 0.15) is 16.4 Å². The van der Waals surface area contributed by atoms with Crippen LogP contribution in [-0.2, 0) is 11.3 Å². The molecule has 4 rings (SSSR count). The average molecular weight is 390 g/mol. The first-order valence-corrected chi connectivity index (χ1v) is 9.59. The highest BCUT2D eigenvalue weighted by atomic mass is 32.2. The van der Waals surface area contributed by atoms with Gasteiger partial charge in [0, 0.05) is 11.4 Å². The van der Waals surface area contributed by atoms with Crippen LogP contribution in [0.2, 0.25) is 0 Å². The van der Waals surface area contributed by atoms with Gasteiger partial charge in [-0.1, -0.05) is 60.7 Å². The number of anilines is 1. The smallest absolute Gasteiger partial charge is 0.238 e. The molecule has 1 unspecified atom stereocenters. The Kier molecular flexibility index (Phi) is 5.20. The largest absolute Gasteiger partial charge is 0.384 e. The normalized spacial score (nSPS) is 12.0. The zero-order valence-corrected chi connectivity index (χ0v) is 15.7. The number of nitrogens with two attached hydrogens (primary N) is 1. The maximum atomic E-state index is 13.1. The molecule has 0 saturated heterocycles. The quantitative estimate of drug-likeness (QED) is 0.437. The number of carbonyl (C=O) groups is 1. The van der Waals surface area contributed by atoms with Crippen LogP contribution in [0.15, 0.2) is 71.6 Å². The number of thioether (sulfide) groups is 1. The number of benzene rings is 2. The molecular formula is C20H18N6OS.